The van der Waals surface area contributed by atoms with E-state index in [1.165, 1.54) is 0 Å². The third-order valence-electron chi connectivity index (χ3n) is 2.12. The van der Waals surface area contributed by atoms with Crippen LogP contribution in [-0.2, 0) is 23.1 Å². The minimum Gasteiger partial charge on any atom is -0.462 e. The molecule has 0 aromatic rings. The largest absolute Gasteiger partial charge is 0.462 e. The summed E-state index contributed by atoms with van der Waals surface area (Å²) < 4.78 is 20.7. The Bertz CT molecular complexity index is 232. The number of carbonyl (C=O) groups is 1. The molecular weight excluding hydrogens is 207 g/mol. The van der Waals surface area contributed by atoms with Crippen molar-refractivity contribution >= 4 is 14.6 Å². The lowest BCUT2D eigenvalue weighted by molar-refractivity contribution is -0.151. The van der Waals surface area contributed by atoms with Gasteiger partial charge in [-0.05, 0) is 0 Å². The predicted molar refractivity (Wildman–Crippen MR) is 48.4 cm³/mol. The molecule has 3 aliphatic rings. The summed E-state index contributed by atoms with van der Waals surface area (Å²) in [5.41, 5.74) is -0.324. The van der Waals surface area contributed by atoms with E-state index in [1.54, 1.807) is 0 Å². The molecule has 3 aliphatic heterocycles. The van der Waals surface area contributed by atoms with Crippen LogP contribution in [0.2, 0.25) is 0 Å². The Morgan fingerprint density at radius 3 is 2.50 bits per heavy atom. The highest BCUT2D eigenvalue weighted by Crippen LogP contribution is 2.53. The molecule has 3 rings (SSSR count). The fourth-order valence-corrected chi connectivity index (χ4v) is 2.58. The second kappa shape index (κ2) is 3.95. The Hall–Kier alpha value is -0.480. The van der Waals surface area contributed by atoms with E-state index in [0.29, 0.717) is 19.8 Å². The van der Waals surface area contributed by atoms with Gasteiger partial charge in [0.2, 0.25) is 0 Å². The van der Waals surface area contributed by atoms with Crippen LogP contribution in [0.1, 0.15) is 0 Å². The molecule has 0 aromatic heterocycles. The van der Waals surface area contributed by atoms with Gasteiger partial charge in [0.05, 0.1) is 25.2 Å². The van der Waals surface area contributed by atoms with Crippen LogP contribution in [-0.4, -0.2) is 32.4 Å². The standard InChI is InChI=1S/C8H11O5P/c1-2-7(9)10-3-8-4-11-14(12-5-8)13-6-8/h2H,1,3-6H2. The van der Waals surface area contributed by atoms with Crippen LogP contribution in [0.4, 0.5) is 0 Å². The molecule has 2 bridgehead atoms. The van der Waals surface area contributed by atoms with Crippen molar-refractivity contribution in [2.45, 2.75) is 0 Å². The molecule has 3 heterocycles. The van der Waals surface area contributed by atoms with Crippen molar-refractivity contribution in [2.24, 2.45) is 5.41 Å². The fourth-order valence-electron chi connectivity index (χ4n) is 1.21. The lowest BCUT2D eigenvalue weighted by atomic mass is 9.92. The minimum absolute atomic E-state index is 0.251. The van der Waals surface area contributed by atoms with Gasteiger partial charge in [-0.1, -0.05) is 6.58 Å². The van der Waals surface area contributed by atoms with Gasteiger partial charge in [-0.2, -0.15) is 0 Å². The van der Waals surface area contributed by atoms with Crippen molar-refractivity contribution in [3.05, 3.63) is 12.7 Å². The van der Waals surface area contributed by atoms with E-state index in [2.05, 4.69) is 6.58 Å². The summed E-state index contributed by atoms with van der Waals surface area (Å²) in [5, 5.41) is 0. The summed E-state index contributed by atoms with van der Waals surface area (Å²) in [5.74, 6) is -0.433. The zero-order valence-electron chi connectivity index (χ0n) is 7.60. The van der Waals surface area contributed by atoms with Gasteiger partial charge in [0, 0.05) is 6.08 Å². The van der Waals surface area contributed by atoms with Crippen LogP contribution in [0.15, 0.2) is 12.7 Å². The van der Waals surface area contributed by atoms with Gasteiger partial charge >= 0.3 is 14.6 Å². The lowest BCUT2D eigenvalue weighted by Crippen LogP contribution is -2.47. The Morgan fingerprint density at radius 2 is 2.00 bits per heavy atom. The van der Waals surface area contributed by atoms with Crippen molar-refractivity contribution in [2.75, 3.05) is 26.4 Å². The van der Waals surface area contributed by atoms with E-state index in [-0.39, 0.29) is 12.0 Å². The first-order valence-electron chi connectivity index (χ1n) is 4.22. The molecule has 3 saturated heterocycles. The number of rotatable bonds is 3. The molecule has 0 atom stereocenters. The van der Waals surface area contributed by atoms with Gasteiger partial charge in [0.1, 0.15) is 6.61 Å². The number of hydrogen-bond acceptors (Lipinski definition) is 5. The molecule has 0 amide bonds. The van der Waals surface area contributed by atoms with Crippen LogP contribution in [0.25, 0.3) is 0 Å². The van der Waals surface area contributed by atoms with Crippen molar-refractivity contribution in [3.63, 3.8) is 0 Å². The van der Waals surface area contributed by atoms with Crippen molar-refractivity contribution in [1.29, 1.82) is 0 Å². The molecule has 5 nitrogen and oxygen atoms in total. The Labute approximate surface area is 83.0 Å². The van der Waals surface area contributed by atoms with Crippen LogP contribution in [0.3, 0.4) is 0 Å². The second-order valence-electron chi connectivity index (χ2n) is 3.36. The van der Waals surface area contributed by atoms with Crippen LogP contribution < -0.4 is 0 Å². The first-order valence-corrected chi connectivity index (χ1v) is 5.32. The number of esters is 1. The van der Waals surface area contributed by atoms with Gasteiger partial charge in [-0.3, -0.25) is 0 Å². The average Bonchev–Trinajstić information content (AvgIpc) is 2.28. The number of fused-ring (bicyclic) bond motifs is 3. The molecule has 14 heavy (non-hydrogen) atoms. The highest BCUT2D eigenvalue weighted by molar-refractivity contribution is 7.41. The summed E-state index contributed by atoms with van der Waals surface area (Å²) in [6.45, 7) is 5.16. The number of carbonyl (C=O) groups excluding carboxylic acids is 1. The van der Waals surface area contributed by atoms with Crippen LogP contribution in [0.5, 0.6) is 0 Å². The van der Waals surface area contributed by atoms with E-state index in [1.807, 2.05) is 0 Å². The maximum atomic E-state index is 10.9. The van der Waals surface area contributed by atoms with Crippen molar-refractivity contribution in [1.82, 2.24) is 0 Å². The van der Waals surface area contributed by atoms with Crippen molar-refractivity contribution < 1.29 is 23.1 Å². The first-order chi connectivity index (χ1) is 6.74. The molecule has 3 fully saturated rings. The molecule has 0 radical (unpaired) electrons. The summed E-state index contributed by atoms with van der Waals surface area (Å²) >= 11 is 0. The third kappa shape index (κ3) is 1.96. The fraction of sp³-hybridized carbons (Fsp3) is 0.625. The predicted octanol–water partition coefficient (Wildman–Crippen LogP) is 1.01. The summed E-state index contributed by atoms with van der Waals surface area (Å²) in [4.78, 5) is 10.9. The van der Waals surface area contributed by atoms with Gasteiger partial charge in [-0.15, -0.1) is 0 Å². The average molecular weight is 218 g/mol. The molecule has 0 N–H and O–H groups in total. The SMILES string of the molecule is C=CC(=O)OCC12COP(OC1)OC2. The second-order valence-corrected chi connectivity index (χ2v) is 4.58. The Balaban J connectivity index is 1.88. The van der Waals surface area contributed by atoms with Crippen LogP contribution >= 0.6 is 8.60 Å². The van der Waals surface area contributed by atoms with E-state index in [0.717, 1.165) is 6.08 Å². The number of ether oxygens (including phenoxy) is 1. The van der Waals surface area contributed by atoms with Crippen LogP contribution in [0, 0.1) is 5.41 Å². The molecule has 0 aliphatic carbocycles. The zero-order chi connectivity index (χ0) is 10.0. The quantitative estimate of drug-likeness (QED) is 0.402. The monoisotopic (exact) mass is 218 g/mol. The summed E-state index contributed by atoms with van der Waals surface area (Å²) in [6, 6.07) is 0. The van der Waals surface area contributed by atoms with Gasteiger partial charge < -0.3 is 18.3 Å². The first kappa shape index (κ1) is 10.1. The van der Waals surface area contributed by atoms with E-state index in [4.69, 9.17) is 18.3 Å². The van der Waals surface area contributed by atoms with E-state index < -0.39 is 14.6 Å². The molecular formula is C8H11O5P. The maximum Gasteiger partial charge on any atom is 0.332 e. The molecule has 6 heteroatoms. The Morgan fingerprint density at radius 1 is 1.43 bits per heavy atom. The summed E-state index contributed by atoms with van der Waals surface area (Å²) in [7, 11) is -1.13. The van der Waals surface area contributed by atoms with Gasteiger partial charge in [0.15, 0.2) is 0 Å². The topological polar surface area (TPSA) is 54.0 Å². The molecule has 0 saturated carbocycles. The Kier molecular flexibility index (Phi) is 2.83. The number of hydrogen-bond donors (Lipinski definition) is 0. The highest BCUT2D eigenvalue weighted by Gasteiger charge is 2.45. The normalized spacial score (nSPS) is 35.3. The third-order valence-corrected chi connectivity index (χ3v) is 3.14. The highest BCUT2D eigenvalue weighted by atomic mass is 31.2. The van der Waals surface area contributed by atoms with Gasteiger partial charge in [-0.25, -0.2) is 4.79 Å². The molecule has 0 aromatic carbocycles. The molecule has 0 unspecified atom stereocenters. The maximum absolute atomic E-state index is 10.9. The van der Waals surface area contributed by atoms with Gasteiger partial charge in [0.25, 0.3) is 0 Å². The minimum atomic E-state index is -1.13. The van der Waals surface area contributed by atoms with Crippen molar-refractivity contribution in [3.8, 4) is 0 Å². The van der Waals surface area contributed by atoms with E-state index >= 15 is 0 Å². The smallest absolute Gasteiger partial charge is 0.332 e. The zero-order valence-corrected chi connectivity index (χ0v) is 8.50. The summed E-state index contributed by atoms with van der Waals surface area (Å²) in [6.07, 6.45) is 1.14. The lowest BCUT2D eigenvalue weighted by Gasteiger charge is -2.43. The molecule has 78 valence electrons. The van der Waals surface area contributed by atoms with E-state index in [9.17, 15) is 4.79 Å². The molecule has 0 spiro atoms.